The Morgan fingerprint density at radius 1 is 1.09 bits per heavy atom. The number of hydrogen-bond acceptors (Lipinski definition) is 4. The van der Waals surface area contributed by atoms with Gasteiger partial charge in [0.2, 0.25) is 11.8 Å². The number of carbonyl (C=O) groups is 2. The first-order valence-corrected chi connectivity index (χ1v) is 12.2. The highest BCUT2D eigenvalue weighted by Crippen LogP contribution is 2.20. The summed E-state index contributed by atoms with van der Waals surface area (Å²) in [7, 11) is 1.63. The van der Waals surface area contributed by atoms with Gasteiger partial charge in [-0.2, -0.15) is 0 Å². The van der Waals surface area contributed by atoms with Gasteiger partial charge < -0.3 is 15.0 Å². The molecule has 1 unspecified atom stereocenters. The van der Waals surface area contributed by atoms with E-state index in [1.165, 1.54) is 23.9 Å². The van der Waals surface area contributed by atoms with E-state index in [2.05, 4.69) is 5.32 Å². The molecule has 1 aliphatic rings. The first kappa shape index (κ1) is 24.1. The predicted molar refractivity (Wildman–Crippen MR) is 126 cm³/mol. The average Bonchev–Trinajstić information content (AvgIpc) is 3.31. The Morgan fingerprint density at radius 2 is 1.72 bits per heavy atom. The molecule has 7 heteroatoms. The fourth-order valence-corrected chi connectivity index (χ4v) is 4.69. The maximum Gasteiger partial charge on any atom is 0.242 e. The van der Waals surface area contributed by atoms with Gasteiger partial charge in [0.15, 0.2) is 0 Å². The van der Waals surface area contributed by atoms with Crippen LogP contribution in [0.3, 0.4) is 0 Å². The van der Waals surface area contributed by atoms with Gasteiger partial charge in [-0.3, -0.25) is 9.59 Å². The minimum atomic E-state index is -0.602. The second-order valence-electron chi connectivity index (χ2n) is 8.15. The lowest BCUT2D eigenvalue weighted by atomic mass is 10.1. The molecule has 3 rings (SSSR count). The van der Waals surface area contributed by atoms with Crippen LogP contribution in [-0.2, 0) is 21.9 Å². The maximum absolute atomic E-state index is 13.3. The molecule has 1 fully saturated rings. The molecule has 0 aromatic heterocycles. The minimum Gasteiger partial charge on any atom is -0.497 e. The van der Waals surface area contributed by atoms with Gasteiger partial charge in [0.1, 0.15) is 17.6 Å². The number of methoxy groups -OCH3 is 1. The molecule has 0 aliphatic heterocycles. The Kier molecular flexibility index (Phi) is 8.97. The van der Waals surface area contributed by atoms with E-state index in [1.807, 2.05) is 24.3 Å². The normalized spacial score (nSPS) is 14.7. The summed E-state index contributed by atoms with van der Waals surface area (Å²) in [5.41, 5.74) is 1.89. The molecule has 1 aliphatic carbocycles. The third-order valence-electron chi connectivity index (χ3n) is 5.79. The molecule has 2 aromatic rings. The number of nitrogens with zero attached hydrogens (tertiary/aromatic N) is 1. The van der Waals surface area contributed by atoms with Gasteiger partial charge in [-0.25, -0.2) is 4.39 Å². The second-order valence-corrected chi connectivity index (χ2v) is 9.14. The summed E-state index contributed by atoms with van der Waals surface area (Å²) in [5, 5.41) is 3.09. The lowest BCUT2D eigenvalue weighted by Gasteiger charge is -2.29. The van der Waals surface area contributed by atoms with Gasteiger partial charge in [0.05, 0.1) is 12.9 Å². The van der Waals surface area contributed by atoms with Crippen LogP contribution in [0, 0.1) is 5.82 Å². The molecule has 172 valence electrons. The molecule has 1 N–H and O–H groups in total. The van der Waals surface area contributed by atoms with Gasteiger partial charge in [-0.1, -0.05) is 37.1 Å². The molecule has 2 aromatic carbocycles. The van der Waals surface area contributed by atoms with E-state index in [-0.39, 0.29) is 36.0 Å². The fourth-order valence-electron chi connectivity index (χ4n) is 3.82. The van der Waals surface area contributed by atoms with Crippen LogP contribution in [0.2, 0.25) is 0 Å². The van der Waals surface area contributed by atoms with Crippen molar-refractivity contribution in [1.82, 2.24) is 10.2 Å². The third-order valence-corrected chi connectivity index (χ3v) is 6.78. The first-order chi connectivity index (χ1) is 15.5. The van der Waals surface area contributed by atoms with Gasteiger partial charge >= 0.3 is 0 Å². The molecule has 0 spiro atoms. The van der Waals surface area contributed by atoms with Crippen molar-refractivity contribution in [2.24, 2.45) is 0 Å². The summed E-state index contributed by atoms with van der Waals surface area (Å²) in [4.78, 5) is 27.6. The molecule has 0 saturated heterocycles. The summed E-state index contributed by atoms with van der Waals surface area (Å²) in [6, 6.07) is 13.4. The summed E-state index contributed by atoms with van der Waals surface area (Å²) >= 11 is 1.51. The molecular weight excluding hydrogens is 427 g/mol. The van der Waals surface area contributed by atoms with E-state index >= 15 is 0 Å². The van der Waals surface area contributed by atoms with Crippen LogP contribution in [-0.4, -0.2) is 41.7 Å². The zero-order valence-corrected chi connectivity index (χ0v) is 19.5. The van der Waals surface area contributed by atoms with Crippen molar-refractivity contribution < 1.29 is 18.7 Å². The molecule has 1 atom stereocenters. The van der Waals surface area contributed by atoms with Gasteiger partial charge in [0.25, 0.3) is 0 Å². The standard InChI is InChI=1S/C25H31FN2O3S/c1-18(25(30)27-22-5-3-4-6-22)28(15-19-7-11-21(26)12-8-19)24(29)17-32-16-20-9-13-23(31-2)14-10-20/h7-14,18,22H,3-6,15-17H2,1-2H3,(H,27,30). The molecule has 1 saturated carbocycles. The smallest absolute Gasteiger partial charge is 0.242 e. The highest BCUT2D eigenvalue weighted by Gasteiger charge is 2.28. The number of benzene rings is 2. The largest absolute Gasteiger partial charge is 0.497 e. The molecule has 32 heavy (non-hydrogen) atoms. The number of ether oxygens (including phenoxy) is 1. The molecule has 0 heterocycles. The van der Waals surface area contributed by atoms with Crippen LogP contribution in [0.25, 0.3) is 0 Å². The van der Waals surface area contributed by atoms with Gasteiger partial charge in [0, 0.05) is 18.3 Å². The Bertz CT molecular complexity index is 883. The number of nitrogens with one attached hydrogen (secondary N) is 1. The van der Waals surface area contributed by atoms with E-state index in [0.717, 1.165) is 42.6 Å². The Morgan fingerprint density at radius 3 is 2.34 bits per heavy atom. The third kappa shape index (κ3) is 6.99. The summed E-state index contributed by atoms with van der Waals surface area (Å²) < 4.78 is 18.5. The number of halogens is 1. The van der Waals surface area contributed by atoms with E-state index in [4.69, 9.17) is 4.74 Å². The molecule has 2 amide bonds. The van der Waals surface area contributed by atoms with Gasteiger partial charge in [-0.05, 0) is 55.2 Å². The van der Waals surface area contributed by atoms with Crippen molar-refractivity contribution in [2.75, 3.05) is 12.9 Å². The van der Waals surface area contributed by atoms with Crippen LogP contribution in [0.15, 0.2) is 48.5 Å². The van der Waals surface area contributed by atoms with Crippen LogP contribution < -0.4 is 10.1 Å². The van der Waals surface area contributed by atoms with Crippen LogP contribution >= 0.6 is 11.8 Å². The zero-order valence-electron chi connectivity index (χ0n) is 18.7. The predicted octanol–water partition coefficient (Wildman–Crippen LogP) is 4.54. The summed E-state index contributed by atoms with van der Waals surface area (Å²) in [6.45, 7) is 2.03. The Hall–Kier alpha value is -2.54. The zero-order chi connectivity index (χ0) is 22.9. The number of hydrogen-bond donors (Lipinski definition) is 1. The highest BCUT2D eigenvalue weighted by atomic mass is 32.2. The van der Waals surface area contributed by atoms with Crippen molar-refractivity contribution in [1.29, 1.82) is 0 Å². The van der Waals surface area contributed by atoms with Crippen LogP contribution in [0.1, 0.15) is 43.7 Å². The van der Waals surface area contributed by atoms with Crippen molar-refractivity contribution in [2.45, 2.75) is 57.0 Å². The number of amides is 2. The number of carbonyl (C=O) groups excluding carboxylic acids is 2. The number of thioether (sulfide) groups is 1. The average molecular weight is 459 g/mol. The maximum atomic E-state index is 13.3. The number of rotatable bonds is 10. The summed E-state index contributed by atoms with van der Waals surface area (Å²) in [6.07, 6.45) is 4.23. The lowest BCUT2D eigenvalue weighted by molar-refractivity contribution is -0.138. The second kappa shape index (κ2) is 11.9. The van der Waals surface area contributed by atoms with E-state index in [1.54, 1.807) is 31.1 Å². The monoisotopic (exact) mass is 458 g/mol. The molecular formula is C25H31FN2O3S. The lowest BCUT2D eigenvalue weighted by Crippen LogP contribution is -2.50. The van der Waals surface area contributed by atoms with Gasteiger partial charge in [-0.15, -0.1) is 11.8 Å². The molecule has 0 bridgehead atoms. The first-order valence-electron chi connectivity index (χ1n) is 11.0. The van der Waals surface area contributed by atoms with Crippen molar-refractivity contribution >= 4 is 23.6 Å². The fraction of sp³-hybridized carbons (Fsp3) is 0.440. The Labute approximate surface area is 193 Å². The van der Waals surface area contributed by atoms with E-state index < -0.39 is 6.04 Å². The molecule has 5 nitrogen and oxygen atoms in total. The topological polar surface area (TPSA) is 58.6 Å². The van der Waals surface area contributed by atoms with Crippen LogP contribution in [0.5, 0.6) is 5.75 Å². The van der Waals surface area contributed by atoms with Crippen molar-refractivity contribution in [3.05, 3.63) is 65.5 Å². The minimum absolute atomic E-state index is 0.109. The quantitative estimate of drug-likeness (QED) is 0.568. The van der Waals surface area contributed by atoms with Crippen molar-refractivity contribution in [3.63, 3.8) is 0 Å². The molecule has 0 radical (unpaired) electrons. The Balaban J connectivity index is 1.63. The van der Waals surface area contributed by atoms with E-state index in [9.17, 15) is 14.0 Å². The van der Waals surface area contributed by atoms with E-state index in [0.29, 0.717) is 5.75 Å². The van der Waals surface area contributed by atoms with Crippen LogP contribution in [0.4, 0.5) is 4.39 Å². The SMILES string of the molecule is COc1ccc(CSCC(=O)N(Cc2ccc(F)cc2)C(C)C(=O)NC2CCCC2)cc1. The summed E-state index contributed by atoms with van der Waals surface area (Å²) in [5.74, 6) is 1.17. The highest BCUT2D eigenvalue weighted by molar-refractivity contribution is 7.99. The van der Waals surface area contributed by atoms with Crippen molar-refractivity contribution in [3.8, 4) is 5.75 Å².